The molecule has 1 aromatic carbocycles. The molecule has 3 heteroatoms. The molecule has 1 rings (SSSR count). The summed E-state index contributed by atoms with van der Waals surface area (Å²) in [6, 6.07) is 8.47. The zero-order valence-electron chi connectivity index (χ0n) is 12.1. The van der Waals surface area contributed by atoms with E-state index in [1.165, 1.54) is 5.56 Å². The van der Waals surface area contributed by atoms with Gasteiger partial charge in [-0.2, -0.15) is 0 Å². The van der Waals surface area contributed by atoms with Gasteiger partial charge in [0.05, 0.1) is 17.7 Å². The predicted octanol–water partition coefficient (Wildman–Crippen LogP) is 3.79. The monoisotopic (exact) mass is 255 g/mol. The third kappa shape index (κ3) is 2.96. The molecule has 0 saturated carbocycles. The van der Waals surface area contributed by atoms with Gasteiger partial charge in [0.25, 0.3) is 0 Å². The maximum Gasteiger partial charge on any atom is 0.0911 e. The van der Waals surface area contributed by atoms with E-state index in [0.29, 0.717) is 0 Å². The molecule has 0 spiro atoms. The lowest BCUT2D eigenvalue weighted by atomic mass is 10.2. The molecule has 0 saturated heterocycles. The molecule has 0 aliphatic heterocycles. The molecule has 0 amide bonds. The average molecular weight is 255 g/mol. The minimum absolute atomic E-state index is 0.00297. The van der Waals surface area contributed by atoms with E-state index >= 15 is 0 Å². The van der Waals surface area contributed by atoms with Crippen molar-refractivity contribution in [2.75, 3.05) is 30.9 Å². The summed E-state index contributed by atoms with van der Waals surface area (Å²) in [6.45, 7) is 6.58. The fraction of sp³-hybridized carbons (Fsp3) is 0.571. The van der Waals surface area contributed by atoms with Crippen molar-refractivity contribution in [2.24, 2.45) is 0 Å². The van der Waals surface area contributed by atoms with Crippen molar-refractivity contribution in [3.05, 3.63) is 29.8 Å². The second-order valence-corrected chi connectivity index (χ2v) is 10.3. The number of aryl methyl sites for hydroxylation is 1. The summed E-state index contributed by atoms with van der Waals surface area (Å²) in [5, 5.41) is 2.03. The topological polar surface area (TPSA) is 12.5 Å². The molecule has 0 unspecified atom stereocenters. The molecule has 0 atom stereocenters. The first-order valence-corrected chi connectivity index (χ1v) is 8.65. The van der Waals surface area contributed by atoms with Crippen molar-refractivity contribution in [3.8, 4) is 0 Å². The number of anilines is 1. The standard InChI is InChI=1S/C14H25NOS/c1-12-8-10-13(11-9-12)15(16-4)14(2,3)17(5,6)7/h8-11H,1-7H3. The lowest BCUT2D eigenvalue weighted by Gasteiger charge is -2.50. The van der Waals surface area contributed by atoms with E-state index in [0.717, 1.165) is 5.69 Å². The molecule has 1 aromatic rings. The molecule has 0 fully saturated rings. The highest BCUT2D eigenvalue weighted by Gasteiger charge is 2.36. The number of rotatable bonds is 4. The van der Waals surface area contributed by atoms with Crippen LogP contribution in [-0.4, -0.2) is 30.7 Å². The minimum atomic E-state index is -0.771. The van der Waals surface area contributed by atoms with Gasteiger partial charge in [-0.05, 0) is 51.7 Å². The Labute approximate surface area is 107 Å². The summed E-state index contributed by atoms with van der Waals surface area (Å²) in [5.41, 5.74) is 2.39. The van der Waals surface area contributed by atoms with Crippen molar-refractivity contribution in [1.29, 1.82) is 0 Å². The molecule has 17 heavy (non-hydrogen) atoms. The third-order valence-electron chi connectivity index (χ3n) is 3.44. The number of hydrogen-bond acceptors (Lipinski definition) is 2. The Hall–Kier alpha value is -0.670. The molecular formula is C14H25NOS. The molecule has 0 aliphatic rings. The molecule has 98 valence electrons. The maximum atomic E-state index is 5.62. The Morgan fingerprint density at radius 3 is 1.88 bits per heavy atom. The molecular weight excluding hydrogens is 230 g/mol. The SMILES string of the molecule is CON(c1ccc(C)cc1)C(C)(C)S(C)(C)C. The van der Waals surface area contributed by atoms with Crippen LogP contribution in [0, 0.1) is 6.92 Å². The average Bonchev–Trinajstić information content (AvgIpc) is 2.20. The second-order valence-electron chi connectivity index (χ2n) is 5.60. The number of benzene rings is 1. The highest BCUT2D eigenvalue weighted by atomic mass is 32.3. The summed E-state index contributed by atoms with van der Waals surface area (Å²) >= 11 is 0. The number of nitrogens with zero attached hydrogens (tertiary/aromatic N) is 1. The molecule has 0 N–H and O–H groups in total. The zero-order valence-corrected chi connectivity index (χ0v) is 12.9. The van der Waals surface area contributed by atoms with Gasteiger partial charge in [-0.15, -0.1) is 0 Å². The van der Waals surface area contributed by atoms with Crippen LogP contribution in [0.25, 0.3) is 0 Å². The van der Waals surface area contributed by atoms with Gasteiger partial charge in [0.2, 0.25) is 0 Å². The van der Waals surface area contributed by atoms with Crippen LogP contribution in [0.5, 0.6) is 0 Å². The second kappa shape index (κ2) is 4.91. The first-order valence-electron chi connectivity index (χ1n) is 5.79. The summed E-state index contributed by atoms with van der Waals surface area (Å²) in [4.78, 5) is 5.62. The summed E-state index contributed by atoms with van der Waals surface area (Å²) in [6.07, 6.45) is 6.94. The van der Waals surface area contributed by atoms with Crippen LogP contribution < -0.4 is 5.06 Å². The summed E-state index contributed by atoms with van der Waals surface area (Å²) < 4.78 is 0. The Morgan fingerprint density at radius 2 is 1.53 bits per heavy atom. The third-order valence-corrected chi connectivity index (χ3v) is 6.60. The highest BCUT2D eigenvalue weighted by Crippen LogP contribution is 2.52. The van der Waals surface area contributed by atoms with Crippen LogP contribution >= 0.6 is 10.0 Å². The van der Waals surface area contributed by atoms with Crippen LogP contribution in [0.1, 0.15) is 19.4 Å². The van der Waals surface area contributed by atoms with Crippen LogP contribution in [0.3, 0.4) is 0 Å². The predicted molar refractivity (Wildman–Crippen MR) is 80.1 cm³/mol. The van der Waals surface area contributed by atoms with Crippen molar-refractivity contribution < 1.29 is 4.84 Å². The minimum Gasteiger partial charge on any atom is -0.276 e. The first kappa shape index (κ1) is 14.4. The van der Waals surface area contributed by atoms with Crippen LogP contribution in [-0.2, 0) is 4.84 Å². The highest BCUT2D eigenvalue weighted by molar-refractivity contribution is 8.33. The van der Waals surface area contributed by atoms with E-state index in [-0.39, 0.29) is 4.87 Å². The smallest absolute Gasteiger partial charge is 0.0911 e. The van der Waals surface area contributed by atoms with Gasteiger partial charge >= 0.3 is 0 Å². The molecule has 0 radical (unpaired) electrons. The Balaban J connectivity index is 3.11. The number of hydroxylamine groups is 1. The van der Waals surface area contributed by atoms with Gasteiger partial charge < -0.3 is 0 Å². The Kier molecular flexibility index (Phi) is 4.15. The van der Waals surface area contributed by atoms with E-state index in [2.05, 4.69) is 63.8 Å². The first-order chi connectivity index (χ1) is 7.70. The molecule has 0 aromatic heterocycles. The summed E-state index contributed by atoms with van der Waals surface area (Å²) in [5.74, 6) is 0. The molecule has 0 bridgehead atoms. The maximum absolute atomic E-state index is 5.62. The van der Waals surface area contributed by atoms with Gasteiger partial charge in [0.15, 0.2) is 0 Å². The largest absolute Gasteiger partial charge is 0.276 e. The van der Waals surface area contributed by atoms with Crippen molar-refractivity contribution >= 4 is 15.7 Å². The van der Waals surface area contributed by atoms with Crippen molar-refractivity contribution in [2.45, 2.75) is 25.6 Å². The van der Waals surface area contributed by atoms with Crippen LogP contribution in [0.2, 0.25) is 0 Å². The lowest BCUT2D eigenvalue weighted by molar-refractivity contribution is 0.137. The van der Waals surface area contributed by atoms with Crippen molar-refractivity contribution in [1.82, 2.24) is 0 Å². The Morgan fingerprint density at radius 1 is 1.06 bits per heavy atom. The van der Waals surface area contributed by atoms with Crippen LogP contribution in [0.15, 0.2) is 24.3 Å². The quantitative estimate of drug-likeness (QED) is 0.759. The summed E-state index contributed by atoms with van der Waals surface area (Å²) in [7, 11) is 0.972. The van der Waals surface area contributed by atoms with Gasteiger partial charge in [-0.3, -0.25) is 4.84 Å². The normalized spacial score (nSPS) is 13.6. The van der Waals surface area contributed by atoms with E-state index in [1.807, 2.05) is 5.06 Å². The molecule has 0 heterocycles. The van der Waals surface area contributed by atoms with Gasteiger partial charge in [0.1, 0.15) is 0 Å². The molecule has 0 aliphatic carbocycles. The fourth-order valence-corrected chi connectivity index (χ4v) is 2.24. The van der Waals surface area contributed by atoms with Gasteiger partial charge in [-0.1, -0.05) is 17.7 Å². The van der Waals surface area contributed by atoms with E-state index in [4.69, 9.17) is 4.84 Å². The lowest BCUT2D eigenvalue weighted by Crippen LogP contribution is -2.46. The number of hydrogen-bond donors (Lipinski definition) is 0. The molecule has 2 nitrogen and oxygen atoms in total. The van der Waals surface area contributed by atoms with Gasteiger partial charge in [-0.25, -0.2) is 15.1 Å². The Bertz CT molecular complexity index is 365. The zero-order chi connectivity index (χ0) is 13.3. The van der Waals surface area contributed by atoms with Crippen molar-refractivity contribution in [3.63, 3.8) is 0 Å². The van der Waals surface area contributed by atoms with E-state index < -0.39 is 10.0 Å². The van der Waals surface area contributed by atoms with E-state index in [9.17, 15) is 0 Å². The van der Waals surface area contributed by atoms with E-state index in [1.54, 1.807) is 7.11 Å². The fourth-order valence-electron chi connectivity index (χ4n) is 1.57. The van der Waals surface area contributed by atoms with Gasteiger partial charge in [0, 0.05) is 0 Å². The van der Waals surface area contributed by atoms with Crippen LogP contribution in [0.4, 0.5) is 5.69 Å².